The average Bonchev–Trinajstić information content (AvgIpc) is 2.92. The lowest BCUT2D eigenvalue weighted by Gasteiger charge is -2.13. The fourth-order valence-corrected chi connectivity index (χ4v) is 3.24. The number of rotatable bonds is 3. The number of benzene rings is 1. The largest absolute Gasteiger partial charge is 0.491 e. The zero-order valence-electron chi connectivity index (χ0n) is 15.0. The van der Waals surface area contributed by atoms with E-state index in [1.807, 2.05) is 26.8 Å². The van der Waals surface area contributed by atoms with Crippen LogP contribution < -0.4 is 10.3 Å². The second-order valence-corrected chi connectivity index (χ2v) is 6.79. The Hall–Kier alpha value is -2.41. The molecule has 0 unspecified atom stereocenters. The second kappa shape index (κ2) is 6.39. The first-order chi connectivity index (χ1) is 12.2. The Morgan fingerprint density at radius 2 is 1.92 bits per heavy atom. The molecule has 3 rings (SSSR count). The molecule has 26 heavy (non-hydrogen) atoms. The third-order valence-corrected chi connectivity index (χ3v) is 4.76. The van der Waals surface area contributed by atoms with E-state index in [-0.39, 0.29) is 27.9 Å². The summed E-state index contributed by atoms with van der Waals surface area (Å²) in [6.07, 6.45) is 0. The van der Waals surface area contributed by atoms with Crippen molar-refractivity contribution in [3.63, 3.8) is 0 Å². The minimum atomic E-state index is -1.04. The number of ether oxygens (including phenoxy) is 1. The Labute approximate surface area is 153 Å². The predicted molar refractivity (Wildman–Crippen MR) is 96.2 cm³/mol. The highest BCUT2D eigenvalue weighted by molar-refractivity contribution is 6.33. The minimum Gasteiger partial charge on any atom is -0.491 e. The molecule has 0 spiro atoms. The van der Waals surface area contributed by atoms with E-state index in [4.69, 9.17) is 16.3 Å². The van der Waals surface area contributed by atoms with Crippen molar-refractivity contribution in [2.24, 2.45) is 7.05 Å². The number of fused-ring (bicyclic) bond motifs is 1. The lowest BCUT2D eigenvalue weighted by Crippen LogP contribution is -2.24. The standard InChI is InChI=1S/C18H18ClF2N3O2/c1-8(2)10-6-9(3)24-15(10)18(25)23(4)17(22-24)11-7-12(20)16(26-5)14(21)13(11)19/h6-8H,1-5H3. The van der Waals surface area contributed by atoms with Gasteiger partial charge < -0.3 is 4.74 Å². The van der Waals surface area contributed by atoms with Crippen molar-refractivity contribution in [1.82, 2.24) is 14.2 Å². The van der Waals surface area contributed by atoms with Gasteiger partial charge in [0.15, 0.2) is 23.2 Å². The number of halogens is 3. The second-order valence-electron chi connectivity index (χ2n) is 6.41. The monoisotopic (exact) mass is 381 g/mol. The lowest BCUT2D eigenvalue weighted by molar-refractivity contribution is 0.360. The van der Waals surface area contributed by atoms with Gasteiger partial charge in [0.05, 0.1) is 12.1 Å². The van der Waals surface area contributed by atoms with E-state index >= 15 is 0 Å². The molecule has 8 heteroatoms. The van der Waals surface area contributed by atoms with Crippen molar-refractivity contribution in [2.45, 2.75) is 26.7 Å². The molecule has 0 radical (unpaired) electrons. The number of nitrogens with zero attached hydrogens (tertiary/aromatic N) is 3. The smallest absolute Gasteiger partial charge is 0.278 e. The van der Waals surface area contributed by atoms with Crippen LogP contribution in [0.3, 0.4) is 0 Å². The maximum absolute atomic E-state index is 14.3. The Bertz CT molecular complexity index is 1090. The van der Waals surface area contributed by atoms with Gasteiger partial charge in [-0.2, -0.15) is 0 Å². The first kappa shape index (κ1) is 18.4. The molecule has 0 aliphatic heterocycles. The van der Waals surface area contributed by atoms with Crippen LogP contribution in [0.4, 0.5) is 8.78 Å². The third-order valence-electron chi connectivity index (χ3n) is 4.39. The Morgan fingerprint density at radius 1 is 1.27 bits per heavy atom. The summed E-state index contributed by atoms with van der Waals surface area (Å²) in [5.74, 6) is -2.36. The minimum absolute atomic E-state index is 0.0248. The number of aryl methyl sites for hydroxylation is 1. The predicted octanol–water partition coefficient (Wildman–Crippen LogP) is 4.07. The molecule has 0 atom stereocenters. The van der Waals surface area contributed by atoms with E-state index in [9.17, 15) is 13.6 Å². The maximum Gasteiger partial charge on any atom is 0.278 e. The normalized spacial score (nSPS) is 11.6. The van der Waals surface area contributed by atoms with Gasteiger partial charge >= 0.3 is 0 Å². The van der Waals surface area contributed by atoms with Gasteiger partial charge in [-0.1, -0.05) is 25.4 Å². The van der Waals surface area contributed by atoms with Gasteiger partial charge in [-0.05, 0) is 30.5 Å². The summed E-state index contributed by atoms with van der Waals surface area (Å²) in [5.41, 5.74) is 1.70. The fourth-order valence-electron chi connectivity index (χ4n) is 3.02. The van der Waals surface area contributed by atoms with Crippen LogP contribution in [0.15, 0.2) is 16.9 Å². The molecular weight excluding hydrogens is 364 g/mol. The van der Waals surface area contributed by atoms with Gasteiger partial charge in [-0.25, -0.2) is 13.3 Å². The Kier molecular flexibility index (Phi) is 4.52. The maximum atomic E-state index is 14.3. The first-order valence-corrected chi connectivity index (χ1v) is 8.37. The zero-order valence-corrected chi connectivity index (χ0v) is 15.8. The highest BCUT2D eigenvalue weighted by Gasteiger charge is 2.24. The highest BCUT2D eigenvalue weighted by atomic mass is 35.5. The Balaban J connectivity index is 2.40. The summed E-state index contributed by atoms with van der Waals surface area (Å²) in [7, 11) is 2.64. The lowest BCUT2D eigenvalue weighted by atomic mass is 10.1. The molecule has 0 N–H and O–H groups in total. The van der Waals surface area contributed by atoms with Crippen molar-refractivity contribution in [2.75, 3.05) is 7.11 Å². The topological polar surface area (TPSA) is 48.5 Å². The van der Waals surface area contributed by atoms with Crippen molar-refractivity contribution in [3.05, 3.63) is 50.4 Å². The number of methoxy groups -OCH3 is 1. The van der Waals surface area contributed by atoms with Crippen LogP contribution in [0.1, 0.15) is 31.0 Å². The summed E-state index contributed by atoms with van der Waals surface area (Å²) >= 11 is 6.07. The third kappa shape index (κ3) is 2.58. The number of hydrogen-bond acceptors (Lipinski definition) is 3. The van der Waals surface area contributed by atoms with Crippen LogP contribution in [0.2, 0.25) is 5.02 Å². The zero-order chi connectivity index (χ0) is 19.3. The molecule has 3 aromatic rings. The summed E-state index contributed by atoms with van der Waals surface area (Å²) in [5, 5.41) is 4.07. The summed E-state index contributed by atoms with van der Waals surface area (Å²) in [6, 6.07) is 2.90. The van der Waals surface area contributed by atoms with Crippen molar-refractivity contribution >= 4 is 17.1 Å². The fraction of sp³-hybridized carbons (Fsp3) is 0.333. The van der Waals surface area contributed by atoms with Gasteiger partial charge in [0.1, 0.15) is 5.52 Å². The molecule has 138 valence electrons. The quantitative estimate of drug-likeness (QED) is 0.642. The SMILES string of the molecule is COc1c(F)cc(-c2nn3c(C)cc(C(C)C)c3c(=O)n2C)c(Cl)c1F. The number of aromatic nitrogens is 3. The van der Waals surface area contributed by atoms with Crippen molar-refractivity contribution in [3.8, 4) is 17.1 Å². The van der Waals surface area contributed by atoms with E-state index in [1.54, 1.807) is 0 Å². The summed E-state index contributed by atoms with van der Waals surface area (Å²) < 4.78 is 35.9. The van der Waals surface area contributed by atoms with E-state index in [0.717, 1.165) is 24.4 Å². The van der Waals surface area contributed by atoms with Gasteiger partial charge in [0.2, 0.25) is 0 Å². The van der Waals surface area contributed by atoms with Crippen molar-refractivity contribution < 1.29 is 13.5 Å². The summed E-state index contributed by atoms with van der Waals surface area (Å²) in [6.45, 7) is 5.77. The molecule has 1 aromatic carbocycles. The molecule has 2 heterocycles. The highest BCUT2D eigenvalue weighted by Crippen LogP contribution is 2.36. The van der Waals surface area contributed by atoms with Gasteiger partial charge in [-0.15, -0.1) is 5.10 Å². The van der Waals surface area contributed by atoms with Crippen LogP contribution in [0, 0.1) is 18.6 Å². The average molecular weight is 382 g/mol. The van der Waals surface area contributed by atoms with Crippen LogP contribution in [0.25, 0.3) is 16.9 Å². The molecule has 0 amide bonds. The molecule has 0 aliphatic carbocycles. The van der Waals surface area contributed by atoms with Crippen LogP contribution in [-0.2, 0) is 7.05 Å². The van der Waals surface area contributed by atoms with E-state index in [1.165, 1.54) is 16.1 Å². The first-order valence-electron chi connectivity index (χ1n) is 8.00. The molecule has 0 saturated heterocycles. The number of hydrogen-bond donors (Lipinski definition) is 0. The molecule has 2 aromatic heterocycles. The Morgan fingerprint density at radius 3 is 2.50 bits per heavy atom. The van der Waals surface area contributed by atoms with E-state index < -0.39 is 17.4 Å². The molecule has 0 fully saturated rings. The van der Waals surface area contributed by atoms with Crippen LogP contribution in [0.5, 0.6) is 5.75 Å². The van der Waals surface area contributed by atoms with E-state index in [0.29, 0.717) is 5.52 Å². The molecule has 0 saturated carbocycles. The molecule has 5 nitrogen and oxygen atoms in total. The summed E-state index contributed by atoms with van der Waals surface area (Å²) in [4.78, 5) is 12.9. The molecule has 0 aliphatic rings. The van der Waals surface area contributed by atoms with Gasteiger partial charge in [0.25, 0.3) is 5.56 Å². The van der Waals surface area contributed by atoms with Crippen LogP contribution in [-0.4, -0.2) is 21.3 Å². The van der Waals surface area contributed by atoms with Crippen LogP contribution >= 0.6 is 11.6 Å². The van der Waals surface area contributed by atoms with Gasteiger partial charge in [-0.3, -0.25) is 9.36 Å². The van der Waals surface area contributed by atoms with Gasteiger partial charge in [0, 0.05) is 18.3 Å². The van der Waals surface area contributed by atoms with Crippen molar-refractivity contribution in [1.29, 1.82) is 0 Å². The molecule has 0 bridgehead atoms. The van der Waals surface area contributed by atoms with E-state index in [2.05, 4.69) is 5.10 Å². The molecular formula is C18H18ClF2N3O2.